The van der Waals surface area contributed by atoms with Gasteiger partial charge in [0.15, 0.2) is 0 Å². The van der Waals surface area contributed by atoms with E-state index in [1.54, 1.807) is 13.0 Å². The maximum Gasteiger partial charge on any atom is 0.449 e. The summed E-state index contributed by atoms with van der Waals surface area (Å²) in [4.78, 5) is 3.60. The van der Waals surface area contributed by atoms with Crippen LogP contribution >= 0.6 is 11.6 Å². The van der Waals surface area contributed by atoms with Crippen LogP contribution in [-0.2, 0) is 13.2 Å². The molecule has 0 saturated heterocycles. The molecule has 0 N–H and O–H groups in total. The normalized spacial score (nSPS) is 12.4. The van der Waals surface area contributed by atoms with E-state index in [2.05, 4.69) is 4.98 Å². The van der Waals surface area contributed by atoms with Crippen LogP contribution in [0.4, 0.5) is 13.2 Å². The van der Waals surface area contributed by atoms with Gasteiger partial charge < -0.3 is 4.57 Å². The number of fused-ring (bicyclic) bond motifs is 1. The van der Waals surface area contributed by atoms with Crippen LogP contribution in [0.2, 0.25) is 5.02 Å². The van der Waals surface area contributed by atoms with Crippen LogP contribution in [-0.4, -0.2) is 9.55 Å². The molecule has 0 unspecified atom stereocenters. The molecule has 0 bridgehead atoms. The number of hydrogen-bond acceptors (Lipinski definition) is 1. The van der Waals surface area contributed by atoms with Crippen molar-refractivity contribution in [2.45, 2.75) is 13.1 Å². The second-order valence-electron chi connectivity index (χ2n) is 3.53. The van der Waals surface area contributed by atoms with Crippen molar-refractivity contribution in [2.75, 3.05) is 0 Å². The molecule has 2 aromatic rings. The summed E-state index contributed by atoms with van der Waals surface area (Å²) < 4.78 is 38.8. The van der Waals surface area contributed by atoms with E-state index in [1.165, 1.54) is 13.1 Å². The zero-order valence-corrected chi connectivity index (χ0v) is 9.32. The summed E-state index contributed by atoms with van der Waals surface area (Å²) in [5.41, 5.74) is 1.28. The van der Waals surface area contributed by atoms with Gasteiger partial charge in [0.05, 0.1) is 11.0 Å². The van der Waals surface area contributed by atoms with Gasteiger partial charge in [-0.3, -0.25) is 0 Å². The zero-order valence-electron chi connectivity index (χ0n) is 8.56. The molecule has 2 nitrogen and oxygen atoms in total. The van der Waals surface area contributed by atoms with Gasteiger partial charge in [0.2, 0.25) is 5.82 Å². The quantitative estimate of drug-likeness (QED) is 0.697. The Bertz CT molecular complexity index is 557. The van der Waals surface area contributed by atoms with E-state index in [0.29, 0.717) is 21.6 Å². The molecule has 0 spiro atoms. The van der Waals surface area contributed by atoms with Crippen LogP contribution in [0, 0.1) is 6.92 Å². The highest BCUT2D eigenvalue weighted by Crippen LogP contribution is 2.33. The number of imidazole rings is 1. The Labute approximate surface area is 94.6 Å². The maximum absolute atomic E-state index is 12.6. The Morgan fingerprint density at radius 1 is 1.31 bits per heavy atom. The Hall–Kier alpha value is -1.23. The number of nitrogens with zero attached hydrogens (tertiary/aromatic N) is 2. The first kappa shape index (κ1) is 11.3. The smallest absolute Gasteiger partial charge is 0.323 e. The van der Waals surface area contributed by atoms with Crippen LogP contribution in [0.25, 0.3) is 11.0 Å². The molecule has 0 aliphatic heterocycles. The second-order valence-corrected chi connectivity index (χ2v) is 3.94. The molecular formula is C10H8ClF3N2. The number of alkyl halides is 3. The minimum atomic E-state index is -4.45. The van der Waals surface area contributed by atoms with Crippen molar-refractivity contribution in [3.05, 3.63) is 28.5 Å². The van der Waals surface area contributed by atoms with Gasteiger partial charge in [-0.1, -0.05) is 11.6 Å². The molecule has 1 aromatic carbocycles. The minimum absolute atomic E-state index is 0.294. The third-order valence-electron chi connectivity index (χ3n) is 2.49. The number of halogens is 4. The second kappa shape index (κ2) is 3.38. The molecule has 1 heterocycles. The molecule has 0 saturated carbocycles. The Morgan fingerprint density at radius 3 is 2.50 bits per heavy atom. The van der Waals surface area contributed by atoms with Crippen molar-refractivity contribution in [2.24, 2.45) is 7.05 Å². The third-order valence-corrected chi connectivity index (χ3v) is 2.90. The first-order valence-corrected chi connectivity index (χ1v) is 4.89. The molecule has 0 aliphatic rings. The molecule has 0 fully saturated rings. The predicted octanol–water partition coefficient (Wildman–Crippen LogP) is 3.55. The summed E-state index contributed by atoms with van der Waals surface area (Å²) in [6, 6.07) is 3.11. The van der Waals surface area contributed by atoms with Gasteiger partial charge in [-0.15, -0.1) is 0 Å². The van der Waals surface area contributed by atoms with Gasteiger partial charge in [-0.05, 0) is 24.6 Å². The van der Waals surface area contributed by atoms with Gasteiger partial charge in [0.1, 0.15) is 0 Å². The molecule has 2 rings (SSSR count). The first-order chi connectivity index (χ1) is 7.32. The lowest BCUT2D eigenvalue weighted by molar-refractivity contribution is -0.146. The first-order valence-electron chi connectivity index (χ1n) is 4.51. The van der Waals surface area contributed by atoms with Gasteiger partial charge >= 0.3 is 6.18 Å². The van der Waals surface area contributed by atoms with Crippen LogP contribution in [0.1, 0.15) is 11.4 Å². The van der Waals surface area contributed by atoms with Crippen molar-refractivity contribution in [3.8, 4) is 0 Å². The van der Waals surface area contributed by atoms with Crippen molar-refractivity contribution >= 4 is 22.6 Å². The summed E-state index contributed by atoms with van der Waals surface area (Å²) in [7, 11) is 1.34. The van der Waals surface area contributed by atoms with Crippen molar-refractivity contribution < 1.29 is 13.2 Å². The Morgan fingerprint density at radius 2 is 1.94 bits per heavy atom. The van der Waals surface area contributed by atoms with Gasteiger partial charge in [0, 0.05) is 12.1 Å². The highest BCUT2D eigenvalue weighted by atomic mass is 35.5. The zero-order chi connectivity index (χ0) is 12.1. The number of aryl methyl sites for hydroxylation is 2. The Kier molecular flexibility index (Phi) is 2.38. The van der Waals surface area contributed by atoms with E-state index in [-0.39, 0.29) is 0 Å². The van der Waals surface area contributed by atoms with E-state index in [0.717, 1.165) is 4.57 Å². The largest absolute Gasteiger partial charge is 0.449 e. The van der Waals surface area contributed by atoms with Crippen LogP contribution in [0.15, 0.2) is 12.1 Å². The molecule has 0 aliphatic carbocycles. The topological polar surface area (TPSA) is 17.8 Å². The highest BCUT2D eigenvalue weighted by molar-refractivity contribution is 6.32. The average Bonchev–Trinajstić information content (AvgIpc) is 2.50. The number of aromatic nitrogens is 2. The molecule has 0 amide bonds. The predicted molar refractivity (Wildman–Crippen MR) is 55.5 cm³/mol. The van der Waals surface area contributed by atoms with Gasteiger partial charge in [-0.2, -0.15) is 13.2 Å². The fourth-order valence-electron chi connectivity index (χ4n) is 1.62. The molecule has 0 atom stereocenters. The molecule has 0 radical (unpaired) electrons. The van der Waals surface area contributed by atoms with Crippen LogP contribution in [0.3, 0.4) is 0 Å². The highest BCUT2D eigenvalue weighted by Gasteiger charge is 2.36. The van der Waals surface area contributed by atoms with Crippen molar-refractivity contribution in [1.82, 2.24) is 9.55 Å². The minimum Gasteiger partial charge on any atom is -0.323 e. The number of hydrogen-bond donors (Lipinski definition) is 0. The van der Waals surface area contributed by atoms with E-state index in [1.807, 2.05) is 0 Å². The summed E-state index contributed by atoms with van der Waals surface area (Å²) in [6.07, 6.45) is -4.45. The van der Waals surface area contributed by atoms with E-state index >= 15 is 0 Å². The lowest BCUT2D eigenvalue weighted by atomic mass is 10.2. The standard InChI is InChI=1S/C10H8ClF3N2/c1-5-6(11)3-4-7-8(5)15-9(16(7)2)10(12,13)14/h3-4H,1-2H3. The molecule has 6 heteroatoms. The fraction of sp³-hybridized carbons (Fsp3) is 0.300. The summed E-state index contributed by atoms with van der Waals surface area (Å²) >= 11 is 5.83. The van der Waals surface area contributed by atoms with Crippen LogP contribution in [0.5, 0.6) is 0 Å². The number of benzene rings is 1. The lowest BCUT2D eigenvalue weighted by Gasteiger charge is -2.05. The number of rotatable bonds is 0. The van der Waals surface area contributed by atoms with E-state index in [9.17, 15) is 13.2 Å². The summed E-state index contributed by atoms with van der Waals surface area (Å²) in [5, 5.41) is 0.416. The average molecular weight is 249 g/mol. The third kappa shape index (κ3) is 1.55. The molecule has 86 valence electrons. The van der Waals surface area contributed by atoms with E-state index in [4.69, 9.17) is 11.6 Å². The lowest BCUT2D eigenvalue weighted by Crippen LogP contribution is -2.12. The summed E-state index contributed by atoms with van der Waals surface area (Å²) in [6.45, 7) is 1.65. The van der Waals surface area contributed by atoms with Crippen molar-refractivity contribution in [3.63, 3.8) is 0 Å². The monoisotopic (exact) mass is 248 g/mol. The van der Waals surface area contributed by atoms with Gasteiger partial charge in [0.25, 0.3) is 0 Å². The SMILES string of the molecule is Cc1c(Cl)ccc2c1nc(C(F)(F)F)n2C. The molecular weight excluding hydrogens is 241 g/mol. The Balaban J connectivity index is 2.83. The molecule has 1 aromatic heterocycles. The summed E-state index contributed by atoms with van der Waals surface area (Å²) in [5.74, 6) is -0.909. The van der Waals surface area contributed by atoms with Crippen LogP contribution < -0.4 is 0 Å². The van der Waals surface area contributed by atoms with Crippen molar-refractivity contribution in [1.29, 1.82) is 0 Å². The van der Waals surface area contributed by atoms with Gasteiger partial charge in [-0.25, -0.2) is 4.98 Å². The molecule has 16 heavy (non-hydrogen) atoms. The fourth-order valence-corrected chi connectivity index (χ4v) is 1.77. The maximum atomic E-state index is 12.6. The van der Waals surface area contributed by atoms with E-state index < -0.39 is 12.0 Å².